The van der Waals surface area contributed by atoms with Crippen LogP contribution in [0.3, 0.4) is 0 Å². The van der Waals surface area contributed by atoms with Crippen molar-refractivity contribution in [2.45, 2.75) is 52.5 Å². The van der Waals surface area contributed by atoms with Gasteiger partial charge in [0.25, 0.3) is 0 Å². The normalized spacial score (nSPS) is 20.0. The average molecular weight is 248 g/mol. The summed E-state index contributed by atoms with van der Waals surface area (Å²) in [5.74, 6) is 3.02. The van der Waals surface area contributed by atoms with E-state index in [4.69, 9.17) is 4.98 Å². The van der Waals surface area contributed by atoms with Gasteiger partial charge in [-0.25, -0.2) is 9.97 Å². The minimum absolute atomic E-state index is 0.585. The second kappa shape index (κ2) is 5.55. The van der Waals surface area contributed by atoms with E-state index in [9.17, 15) is 0 Å². The Bertz CT molecular complexity index is 417. The van der Waals surface area contributed by atoms with Crippen molar-refractivity contribution in [2.24, 2.45) is 0 Å². The number of aryl methyl sites for hydroxylation is 1. The maximum atomic E-state index is 4.75. The number of hydrogen-bond donors (Lipinski definition) is 1. The van der Waals surface area contributed by atoms with Gasteiger partial charge < -0.3 is 10.2 Å². The molecule has 0 aliphatic carbocycles. The van der Waals surface area contributed by atoms with Crippen molar-refractivity contribution in [3.05, 3.63) is 11.4 Å². The maximum Gasteiger partial charge on any atom is 0.137 e. The van der Waals surface area contributed by atoms with E-state index in [0.717, 1.165) is 30.4 Å². The Morgan fingerprint density at radius 3 is 2.72 bits per heavy atom. The fraction of sp³-hybridized carbons (Fsp3) is 0.714. The van der Waals surface area contributed by atoms with Crippen LogP contribution >= 0.6 is 0 Å². The molecule has 18 heavy (non-hydrogen) atoms. The van der Waals surface area contributed by atoms with Gasteiger partial charge in [-0.3, -0.25) is 0 Å². The van der Waals surface area contributed by atoms with Gasteiger partial charge in [-0.1, -0.05) is 6.92 Å². The molecule has 4 nitrogen and oxygen atoms in total. The van der Waals surface area contributed by atoms with Gasteiger partial charge in [-0.05, 0) is 33.1 Å². The zero-order valence-electron chi connectivity index (χ0n) is 12.0. The lowest BCUT2D eigenvalue weighted by molar-refractivity contribution is 0.479. The van der Waals surface area contributed by atoms with Crippen molar-refractivity contribution < 1.29 is 0 Å². The van der Waals surface area contributed by atoms with Gasteiger partial charge >= 0.3 is 0 Å². The van der Waals surface area contributed by atoms with Gasteiger partial charge in [-0.15, -0.1) is 0 Å². The van der Waals surface area contributed by atoms with Gasteiger partial charge in [0, 0.05) is 31.6 Å². The summed E-state index contributed by atoms with van der Waals surface area (Å²) in [6.07, 6.45) is 4.75. The SMILES string of the molecule is CCc1nc(NC)c(C)c(N2CCCCC2C)n1. The number of piperidine rings is 1. The quantitative estimate of drug-likeness (QED) is 0.893. The molecule has 0 aromatic carbocycles. The summed E-state index contributed by atoms with van der Waals surface area (Å²) >= 11 is 0. The van der Waals surface area contributed by atoms with Crippen LogP contribution in [0.25, 0.3) is 0 Å². The predicted molar refractivity (Wildman–Crippen MR) is 76.4 cm³/mol. The molecule has 1 N–H and O–H groups in total. The molecule has 1 aromatic heterocycles. The molecule has 2 rings (SSSR count). The highest BCUT2D eigenvalue weighted by Gasteiger charge is 2.23. The van der Waals surface area contributed by atoms with Crippen LogP contribution in [0.2, 0.25) is 0 Å². The Kier molecular flexibility index (Phi) is 4.04. The van der Waals surface area contributed by atoms with Crippen LogP contribution in [-0.4, -0.2) is 29.6 Å². The fourth-order valence-corrected chi connectivity index (χ4v) is 2.64. The van der Waals surface area contributed by atoms with E-state index in [1.54, 1.807) is 0 Å². The van der Waals surface area contributed by atoms with Crippen molar-refractivity contribution in [3.8, 4) is 0 Å². The van der Waals surface area contributed by atoms with Crippen LogP contribution in [-0.2, 0) is 6.42 Å². The molecular weight excluding hydrogens is 224 g/mol. The average Bonchev–Trinajstić information content (AvgIpc) is 2.40. The standard InChI is InChI=1S/C14H24N4/c1-5-12-16-13(15-4)11(3)14(17-12)18-9-7-6-8-10(18)2/h10H,5-9H2,1-4H3,(H,15,16,17). The summed E-state index contributed by atoms with van der Waals surface area (Å²) in [6, 6.07) is 0.585. The van der Waals surface area contributed by atoms with Gasteiger partial charge in [0.2, 0.25) is 0 Å². The van der Waals surface area contributed by atoms with Crippen LogP contribution in [0.5, 0.6) is 0 Å². The molecule has 0 bridgehead atoms. The molecule has 0 radical (unpaired) electrons. The Hall–Kier alpha value is -1.32. The number of hydrogen-bond acceptors (Lipinski definition) is 4. The van der Waals surface area contributed by atoms with E-state index in [2.05, 4.69) is 36.0 Å². The predicted octanol–water partition coefficient (Wildman–Crippen LogP) is 2.77. The number of nitrogens with zero attached hydrogens (tertiary/aromatic N) is 3. The highest BCUT2D eigenvalue weighted by molar-refractivity contribution is 5.59. The van der Waals surface area contributed by atoms with Crippen LogP contribution < -0.4 is 10.2 Å². The molecule has 0 spiro atoms. The Morgan fingerprint density at radius 1 is 1.33 bits per heavy atom. The highest BCUT2D eigenvalue weighted by atomic mass is 15.2. The fourth-order valence-electron chi connectivity index (χ4n) is 2.64. The molecule has 2 heterocycles. The van der Waals surface area contributed by atoms with Gasteiger partial charge in [0.1, 0.15) is 17.5 Å². The molecular formula is C14H24N4. The maximum absolute atomic E-state index is 4.75. The van der Waals surface area contributed by atoms with Crippen molar-refractivity contribution >= 4 is 11.6 Å². The molecule has 1 aliphatic rings. The first-order valence-corrected chi connectivity index (χ1v) is 6.99. The minimum atomic E-state index is 0.585. The summed E-state index contributed by atoms with van der Waals surface area (Å²) in [5, 5.41) is 3.19. The third kappa shape index (κ3) is 2.42. The second-order valence-electron chi connectivity index (χ2n) is 5.08. The molecule has 1 fully saturated rings. The summed E-state index contributed by atoms with van der Waals surface area (Å²) in [6.45, 7) is 7.63. The van der Waals surface area contributed by atoms with Gasteiger partial charge in [0.05, 0.1) is 0 Å². The molecule has 0 saturated carbocycles. The van der Waals surface area contributed by atoms with E-state index in [1.807, 2.05) is 7.05 Å². The highest BCUT2D eigenvalue weighted by Crippen LogP contribution is 2.29. The molecule has 1 atom stereocenters. The lowest BCUT2D eigenvalue weighted by Gasteiger charge is -2.35. The summed E-state index contributed by atoms with van der Waals surface area (Å²) in [5.41, 5.74) is 1.17. The molecule has 0 amide bonds. The Morgan fingerprint density at radius 2 is 2.11 bits per heavy atom. The van der Waals surface area contributed by atoms with E-state index in [1.165, 1.54) is 24.8 Å². The van der Waals surface area contributed by atoms with Crippen molar-refractivity contribution in [2.75, 3.05) is 23.8 Å². The minimum Gasteiger partial charge on any atom is -0.373 e. The largest absolute Gasteiger partial charge is 0.373 e. The summed E-state index contributed by atoms with van der Waals surface area (Å²) in [7, 11) is 1.93. The van der Waals surface area contributed by atoms with Crippen LogP contribution in [0.15, 0.2) is 0 Å². The van der Waals surface area contributed by atoms with E-state index in [0.29, 0.717) is 6.04 Å². The molecule has 1 aliphatic heterocycles. The van der Waals surface area contributed by atoms with Crippen molar-refractivity contribution in [1.29, 1.82) is 0 Å². The molecule has 4 heteroatoms. The van der Waals surface area contributed by atoms with Crippen LogP contribution in [0, 0.1) is 6.92 Å². The topological polar surface area (TPSA) is 41.1 Å². The number of rotatable bonds is 3. The molecule has 100 valence electrons. The third-order valence-corrected chi connectivity index (χ3v) is 3.79. The Labute approximate surface area is 110 Å². The van der Waals surface area contributed by atoms with Crippen molar-refractivity contribution in [3.63, 3.8) is 0 Å². The first kappa shape index (κ1) is 13.1. The van der Waals surface area contributed by atoms with Crippen molar-refractivity contribution in [1.82, 2.24) is 9.97 Å². The van der Waals surface area contributed by atoms with Gasteiger partial charge in [-0.2, -0.15) is 0 Å². The molecule has 1 unspecified atom stereocenters. The first-order valence-electron chi connectivity index (χ1n) is 6.99. The van der Waals surface area contributed by atoms with Crippen LogP contribution in [0.1, 0.15) is 44.5 Å². The number of nitrogens with one attached hydrogen (secondary N) is 1. The van der Waals surface area contributed by atoms with E-state index >= 15 is 0 Å². The third-order valence-electron chi connectivity index (χ3n) is 3.79. The zero-order valence-corrected chi connectivity index (χ0v) is 12.0. The molecule has 1 saturated heterocycles. The zero-order chi connectivity index (χ0) is 13.1. The number of aromatic nitrogens is 2. The lowest BCUT2D eigenvalue weighted by atomic mass is 10.0. The Balaban J connectivity index is 2.41. The monoisotopic (exact) mass is 248 g/mol. The second-order valence-corrected chi connectivity index (χ2v) is 5.08. The number of anilines is 2. The van der Waals surface area contributed by atoms with E-state index in [-0.39, 0.29) is 0 Å². The summed E-state index contributed by atoms with van der Waals surface area (Å²) < 4.78 is 0. The van der Waals surface area contributed by atoms with Gasteiger partial charge in [0.15, 0.2) is 0 Å². The summed E-state index contributed by atoms with van der Waals surface area (Å²) in [4.78, 5) is 11.7. The molecule has 1 aromatic rings. The van der Waals surface area contributed by atoms with E-state index < -0.39 is 0 Å². The lowest BCUT2D eigenvalue weighted by Crippen LogP contribution is -2.38. The first-order chi connectivity index (χ1) is 8.67. The van der Waals surface area contributed by atoms with Crippen LogP contribution in [0.4, 0.5) is 11.6 Å². The smallest absolute Gasteiger partial charge is 0.137 e.